The minimum absolute atomic E-state index is 0.217. The molecule has 0 aliphatic carbocycles. The molecule has 1 amide bonds. The zero-order valence-electron chi connectivity index (χ0n) is 14.8. The number of nitrogens with one attached hydrogen (secondary N) is 1. The third-order valence-electron chi connectivity index (χ3n) is 4.48. The van der Waals surface area contributed by atoms with Crippen LogP contribution < -0.4 is 5.32 Å². The molecule has 0 radical (unpaired) electrons. The van der Waals surface area contributed by atoms with Gasteiger partial charge in [-0.15, -0.1) is 0 Å². The summed E-state index contributed by atoms with van der Waals surface area (Å²) >= 11 is 3.33. The Morgan fingerprint density at radius 1 is 1.19 bits per heavy atom. The van der Waals surface area contributed by atoms with E-state index in [-0.39, 0.29) is 6.42 Å². The average Bonchev–Trinajstić information content (AvgIpc) is 2.66. The molecule has 1 aliphatic heterocycles. The largest absolute Gasteiger partial charge is 0.467 e. The second kappa shape index (κ2) is 7.52. The van der Waals surface area contributed by atoms with Crippen molar-refractivity contribution in [2.24, 2.45) is 0 Å². The van der Waals surface area contributed by atoms with Gasteiger partial charge in [0.25, 0.3) is 5.91 Å². The maximum atomic E-state index is 12.9. The number of carbonyl (C=O) groups is 3. The molecule has 6 nitrogen and oxygen atoms in total. The van der Waals surface area contributed by atoms with Crippen molar-refractivity contribution in [1.82, 2.24) is 5.32 Å². The van der Waals surface area contributed by atoms with Crippen LogP contribution in [0.5, 0.6) is 0 Å². The molecule has 0 saturated heterocycles. The van der Waals surface area contributed by atoms with Crippen LogP contribution in [0.1, 0.15) is 34.5 Å². The maximum absolute atomic E-state index is 12.9. The Labute approximate surface area is 165 Å². The van der Waals surface area contributed by atoms with Crippen LogP contribution in [0.3, 0.4) is 0 Å². The fourth-order valence-corrected chi connectivity index (χ4v) is 3.26. The monoisotopic (exact) mass is 431 g/mol. The molecule has 0 spiro atoms. The van der Waals surface area contributed by atoms with E-state index in [9.17, 15) is 14.4 Å². The van der Waals surface area contributed by atoms with Crippen molar-refractivity contribution < 1.29 is 23.9 Å². The van der Waals surface area contributed by atoms with Gasteiger partial charge in [0.1, 0.15) is 0 Å². The van der Waals surface area contributed by atoms with Gasteiger partial charge in [0.15, 0.2) is 11.6 Å². The molecule has 0 fully saturated rings. The summed E-state index contributed by atoms with van der Waals surface area (Å²) in [5, 5.41) is 2.66. The first kappa shape index (κ1) is 19.1. The molecule has 0 aromatic heterocycles. The lowest BCUT2D eigenvalue weighted by atomic mass is 9.89. The van der Waals surface area contributed by atoms with Gasteiger partial charge in [0.05, 0.1) is 12.7 Å². The minimum Gasteiger partial charge on any atom is -0.467 e. The molecule has 2 aromatic rings. The molecule has 2 atom stereocenters. The highest BCUT2D eigenvalue weighted by Gasteiger charge is 2.44. The molecule has 0 saturated carbocycles. The van der Waals surface area contributed by atoms with Crippen LogP contribution in [0, 0.1) is 0 Å². The number of hydrogen-bond acceptors (Lipinski definition) is 5. The summed E-state index contributed by atoms with van der Waals surface area (Å²) < 4.78 is 11.1. The number of carbonyl (C=O) groups excluding carboxylic acids is 3. The van der Waals surface area contributed by atoms with Crippen molar-refractivity contribution >= 4 is 33.8 Å². The Bertz CT molecular complexity index is 896. The Morgan fingerprint density at radius 2 is 1.85 bits per heavy atom. The number of amides is 1. The van der Waals surface area contributed by atoms with Crippen molar-refractivity contribution in [3.8, 4) is 0 Å². The Morgan fingerprint density at radius 3 is 2.52 bits per heavy atom. The van der Waals surface area contributed by atoms with Gasteiger partial charge in [0, 0.05) is 10.9 Å². The minimum atomic E-state index is -1.42. The van der Waals surface area contributed by atoms with Crippen molar-refractivity contribution in [3.05, 3.63) is 69.7 Å². The van der Waals surface area contributed by atoms with Crippen LogP contribution in [-0.4, -0.2) is 30.6 Å². The quantitative estimate of drug-likeness (QED) is 0.752. The summed E-state index contributed by atoms with van der Waals surface area (Å²) in [5.74, 6) is -1.74. The molecule has 1 N–H and O–H groups in total. The first-order valence-corrected chi connectivity index (χ1v) is 9.09. The number of esters is 2. The zero-order chi connectivity index (χ0) is 19.6. The normalized spacial score (nSPS) is 19.4. The van der Waals surface area contributed by atoms with E-state index in [0.717, 1.165) is 10.0 Å². The number of benzene rings is 2. The highest BCUT2D eigenvalue weighted by Crippen LogP contribution is 2.29. The highest BCUT2D eigenvalue weighted by molar-refractivity contribution is 9.10. The van der Waals surface area contributed by atoms with Gasteiger partial charge in [-0.1, -0.05) is 46.3 Å². The molecule has 2 unspecified atom stereocenters. The average molecular weight is 432 g/mol. The predicted octanol–water partition coefficient (Wildman–Crippen LogP) is 2.95. The van der Waals surface area contributed by atoms with Crippen LogP contribution in [0.4, 0.5) is 0 Å². The fraction of sp³-hybridized carbons (Fsp3) is 0.250. The Kier molecular flexibility index (Phi) is 5.32. The number of fused-ring (bicyclic) bond motifs is 1. The SMILES string of the molecule is COC(=O)C(NC(=O)C1(C)Cc2ccccc2C(=O)O1)c1ccc(Br)cc1. The topological polar surface area (TPSA) is 81.7 Å². The standard InChI is InChI=1S/C20H18BrNO5/c1-20(11-13-5-3-4-6-15(13)17(23)27-20)19(25)22-16(18(24)26-2)12-7-9-14(21)10-8-12/h3-10,16H,11H2,1-2H3,(H,22,25). The number of hydrogen-bond donors (Lipinski definition) is 1. The van der Waals surface area contributed by atoms with Gasteiger partial charge in [-0.25, -0.2) is 9.59 Å². The third-order valence-corrected chi connectivity index (χ3v) is 5.01. The summed E-state index contributed by atoms with van der Waals surface area (Å²) in [6, 6.07) is 12.9. The first-order chi connectivity index (χ1) is 12.8. The summed E-state index contributed by atoms with van der Waals surface area (Å²) in [4.78, 5) is 37.5. The molecule has 2 aromatic carbocycles. The van der Waals surface area contributed by atoms with E-state index in [1.165, 1.54) is 14.0 Å². The van der Waals surface area contributed by atoms with Gasteiger partial charge in [-0.2, -0.15) is 0 Å². The van der Waals surface area contributed by atoms with Gasteiger partial charge >= 0.3 is 11.9 Å². The van der Waals surface area contributed by atoms with Crippen molar-refractivity contribution in [1.29, 1.82) is 0 Å². The lowest BCUT2D eigenvalue weighted by Crippen LogP contribution is -2.53. The second-order valence-electron chi connectivity index (χ2n) is 6.44. The van der Waals surface area contributed by atoms with Crippen LogP contribution in [0.25, 0.3) is 0 Å². The van der Waals surface area contributed by atoms with E-state index in [0.29, 0.717) is 11.1 Å². The lowest BCUT2D eigenvalue weighted by molar-refractivity contribution is -0.149. The lowest BCUT2D eigenvalue weighted by Gasteiger charge is -2.34. The number of halogens is 1. The molecule has 1 heterocycles. The molecule has 7 heteroatoms. The fourth-order valence-electron chi connectivity index (χ4n) is 2.99. The number of ether oxygens (including phenoxy) is 2. The van der Waals surface area contributed by atoms with Crippen LogP contribution in [0.15, 0.2) is 53.0 Å². The molecular weight excluding hydrogens is 414 g/mol. The highest BCUT2D eigenvalue weighted by atomic mass is 79.9. The van der Waals surface area contributed by atoms with Crippen LogP contribution in [-0.2, 0) is 25.5 Å². The Balaban J connectivity index is 1.86. The van der Waals surface area contributed by atoms with Gasteiger partial charge in [0.2, 0.25) is 0 Å². The van der Waals surface area contributed by atoms with Crippen molar-refractivity contribution in [2.75, 3.05) is 7.11 Å². The van der Waals surface area contributed by atoms with Gasteiger partial charge < -0.3 is 14.8 Å². The van der Waals surface area contributed by atoms with Crippen molar-refractivity contribution in [2.45, 2.75) is 25.0 Å². The summed E-state index contributed by atoms with van der Waals surface area (Å²) in [6.45, 7) is 1.53. The maximum Gasteiger partial charge on any atom is 0.339 e. The van der Waals surface area contributed by atoms with E-state index in [2.05, 4.69) is 21.2 Å². The molecule has 27 heavy (non-hydrogen) atoms. The van der Waals surface area contributed by atoms with Crippen LogP contribution in [0.2, 0.25) is 0 Å². The summed E-state index contributed by atoms with van der Waals surface area (Å²) in [6.07, 6.45) is 0.217. The van der Waals surface area contributed by atoms with Crippen LogP contribution >= 0.6 is 15.9 Å². The van der Waals surface area contributed by atoms with E-state index in [4.69, 9.17) is 9.47 Å². The summed E-state index contributed by atoms with van der Waals surface area (Å²) in [7, 11) is 1.25. The van der Waals surface area contributed by atoms with E-state index in [1.807, 2.05) is 0 Å². The molecule has 140 valence electrons. The van der Waals surface area contributed by atoms with E-state index >= 15 is 0 Å². The summed E-state index contributed by atoms with van der Waals surface area (Å²) in [5.41, 5.74) is 0.307. The molecular formula is C20H18BrNO5. The second-order valence-corrected chi connectivity index (χ2v) is 7.35. The van der Waals surface area contributed by atoms with Crippen molar-refractivity contribution in [3.63, 3.8) is 0 Å². The van der Waals surface area contributed by atoms with Gasteiger partial charge in [-0.3, -0.25) is 4.79 Å². The number of rotatable bonds is 4. The number of methoxy groups -OCH3 is 1. The first-order valence-electron chi connectivity index (χ1n) is 8.29. The molecule has 0 bridgehead atoms. The number of cyclic esters (lactones) is 1. The molecule has 1 aliphatic rings. The van der Waals surface area contributed by atoms with E-state index < -0.39 is 29.5 Å². The molecule has 3 rings (SSSR count). The smallest absolute Gasteiger partial charge is 0.339 e. The predicted molar refractivity (Wildman–Crippen MR) is 101 cm³/mol. The third kappa shape index (κ3) is 3.88. The van der Waals surface area contributed by atoms with Gasteiger partial charge in [-0.05, 0) is 36.2 Å². The zero-order valence-corrected chi connectivity index (χ0v) is 16.4. The van der Waals surface area contributed by atoms with E-state index in [1.54, 1.807) is 48.5 Å². The Hall–Kier alpha value is -2.67.